The molecule has 1 saturated heterocycles. The van der Waals surface area contributed by atoms with Crippen LogP contribution in [0.5, 0.6) is 5.75 Å². The van der Waals surface area contributed by atoms with Crippen LogP contribution < -0.4 is 0 Å². The molecule has 1 unspecified atom stereocenters. The van der Waals surface area contributed by atoms with Crippen LogP contribution in [0.2, 0.25) is 0 Å². The van der Waals surface area contributed by atoms with Gasteiger partial charge < -0.3 is 9.52 Å². The van der Waals surface area contributed by atoms with E-state index in [4.69, 9.17) is 8.97 Å². The third kappa shape index (κ3) is 4.22. The van der Waals surface area contributed by atoms with Crippen molar-refractivity contribution in [3.63, 3.8) is 0 Å². The molecule has 1 aliphatic heterocycles. The normalized spacial score (nSPS) is 28.6. The lowest BCUT2D eigenvalue weighted by Gasteiger charge is -2.59. The second-order valence-corrected chi connectivity index (χ2v) is 10.2. The predicted octanol–water partition coefficient (Wildman–Crippen LogP) is 3.75. The minimum absolute atomic E-state index is 0.308. The number of piperidine rings is 1. The Morgan fingerprint density at radius 3 is 2.76 bits per heavy atom. The van der Waals surface area contributed by atoms with Gasteiger partial charge in [-0.15, -0.1) is 0 Å². The van der Waals surface area contributed by atoms with Crippen molar-refractivity contribution in [2.75, 3.05) is 12.8 Å². The van der Waals surface area contributed by atoms with Crippen LogP contribution in [0.25, 0.3) is 0 Å². The average Bonchev–Trinajstić information content (AvgIpc) is 3.16. The van der Waals surface area contributed by atoms with E-state index in [1.54, 1.807) is 6.26 Å². The maximum Gasteiger partial charge on any atom is 0.261 e. The quantitative estimate of drug-likeness (QED) is 0.721. The molecule has 0 spiro atoms. The lowest BCUT2D eigenvalue weighted by Crippen LogP contribution is -2.60. The molecule has 2 aliphatic carbocycles. The summed E-state index contributed by atoms with van der Waals surface area (Å²) >= 11 is 0. The first-order valence-electron chi connectivity index (χ1n) is 10.3. The van der Waals surface area contributed by atoms with Crippen molar-refractivity contribution in [2.45, 2.75) is 56.5 Å². The number of hydrogen-bond acceptors (Lipinski definition) is 5. The Hall–Kier alpha value is -1.83. The topological polar surface area (TPSA) is 91.0 Å². The fraction of sp³-hybridized carbons (Fsp3) is 0.545. The summed E-state index contributed by atoms with van der Waals surface area (Å²) in [6.45, 7) is 2.16. The number of phenols is 1. The fourth-order valence-corrected chi connectivity index (χ4v) is 5.89. The van der Waals surface area contributed by atoms with Crippen LogP contribution in [0.15, 0.2) is 41.2 Å². The minimum Gasteiger partial charge on any atom is -0.508 e. The van der Waals surface area contributed by atoms with E-state index in [-0.39, 0.29) is 0 Å². The molecule has 2 heterocycles. The summed E-state index contributed by atoms with van der Waals surface area (Å²) in [4.78, 5) is 2.69. The molecule has 2 fully saturated rings. The van der Waals surface area contributed by atoms with Crippen LogP contribution in [-0.2, 0) is 28.5 Å². The van der Waals surface area contributed by atoms with Gasteiger partial charge in [-0.2, -0.15) is 8.42 Å². The molecule has 0 radical (unpaired) electrons. The molecular formula is C22H29NO5S. The highest BCUT2D eigenvalue weighted by molar-refractivity contribution is 7.85. The number of nitrogens with zero attached hydrogens (tertiary/aromatic N) is 1. The number of fused-ring (bicyclic) bond motifs is 1. The molecule has 29 heavy (non-hydrogen) atoms. The van der Waals surface area contributed by atoms with Crippen molar-refractivity contribution >= 4 is 10.1 Å². The number of benzene rings is 1. The van der Waals surface area contributed by atoms with Gasteiger partial charge in [0.2, 0.25) is 0 Å². The van der Waals surface area contributed by atoms with Crippen molar-refractivity contribution in [3.8, 4) is 5.75 Å². The SMILES string of the molecule is CS(=O)(=O)O.Oc1ccc2c(c1)[C@]13CCCCC1[C@H](C2)N(Cc1ccoc1)CC3. The van der Waals surface area contributed by atoms with Gasteiger partial charge in [0, 0.05) is 23.6 Å². The van der Waals surface area contributed by atoms with Gasteiger partial charge in [-0.25, -0.2) is 0 Å². The van der Waals surface area contributed by atoms with Gasteiger partial charge in [-0.1, -0.05) is 18.9 Å². The van der Waals surface area contributed by atoms with E-state index in [0.29, 0.717) is 23.5 Å². The maximum atomic E-state index is 10.1. The van der Waals surface area contributed by atoms with E-state index in [9.17, 15) is 13.5 Å². The van der Waals surface area contributed by atoms with Gasteiger partial charge in [-0.3, -0.25) is 9.45 Å². The summed E-state index contributed by atoms with van der Waals surface area (Å²) in [5.74, 6) is 1.17. The van der Waals surface area contributed by atoms with Gasteiger partial charge in [0.15, 0.2) is 0 Å². The average molecular weight is 420 g/mol. The maximum absolute atomic E-state index is 10.1. The summed E-state index contributed by atoms with van der Waals surface area (Å²) in [6.07, 6.45) is 12.1. The van der Waals surface area contributed by atoms with Crippen molar-refractivity contribution < 1.29 is 22.5 Å². The number of phenolic OH excluding ortho intramolecular Hbond substituents is 1. The Labute approximate surface area is 172 Å². The second kappa shape index (κ2) is 7.78. The predicted molar refractivity (Wildman–Crippen MR) is 110 cm³/mol. The van der Waals surface area contributed by atoms with Crippen LogP contribution in [-0.4, -0.2) is 41.8 Å². The van der Waals surface area contributed by atoms with Crippen molar-refractivity contribution in [3.05, 3.63) is 53.5 Å². The Morgan fingerprint density at radius 2 is 2.03 bits per heavy atom. The largest absolute Gasteiger partial charge is 0.508 e. The van der Waals surface area contributed by atoms with E-state index in [1.165, 1.54) is 48.8 Å². The lowest BCUT2D eigenvalue weighted by molar-refractivity contribution is -0.0158. The van der Waals surface area contributed by atoms with Crippen molar-refractivity contribution in [1.82, 2.24) is 4.90 Å². The highest BCUT2D eigenvalue weighted by Gasteiger charge is 2.53. The third-order valence-corrected chi connectivity index (χ3v) is 6.90. The molecule has 1 saturated carbocycles. The van der Waals surface area contributed by atoms with Crippen molar-refractivity contribution in [1.29, 1.82) is 0 Å². The smallest absolute Gasteiger partial charge is 0.261 e. The van der Waals surface area contributed by atoms with E-state index in [0.717, 1.165) is 25.4 Å². The molecule has 2 bridgehead atoms. The molecule has 7 heteroatoms. The van der Waals surface area contributed by atoms with Crippen LogP contribution in [0.1, 0.15) is 48.8 Å². The van der Waals surface area contributed by atoms with Crippen molar-refractivity contribution in [2.24, 2.45) is 5.92 Å². The van der Waals surface area contributed by atoms with Gasteiger partial charge in [-0.05, 0) is 67.5 Å². The van der Waals surface area contributed by atoms with Gasteiger partial charge in [0.1, 0.15) is 5.75 Å². The summed E-state index contributed by atoms with van der Waals surface area (Å²) in [5, 5.41) is 10.1. The molecule has 1 aromatic carbocycles. The minimum atomic E-state index is -3.67. The third-order valence-electron chi connectivity index (χ3n) is 6.90. The molecule has 3 aliphatic rings. The summed E-state index contributed by atoms with van der Waals surface area (Å²) in [7, 11) is -3.67. The van der Waals surface area contributed by atoms with E-state index >= 15 is 0 Å². The number of rotatable bonds is 2. The molecule has 3 atom stereocenters. The number of hydrogen-bond donors (Lipinski definition) is 2. The van der Waals surface area contributed by atoms with E-state index < -0.39 is 10.1 Å². The Balaban J connectivity index is 0.000000369. The van der Waals surface area contributed by atoms with Crippen LogP contribution in [0.4, 0.5) is 0 Å². The van der Waals surface area contributed by atoms with Gasteiger partial charge >= 0.3 is 0 Å². The van der Waals surface area contributed by atoms with Gasteiger partial charge in [0.05, 0.1) is 18.8 Å². The molecule has 1 aromatic heterocycles. The number of likely N-dealkylation sites (tertiary alicyclic amines) is 1. The van der Waals surface area contributed by atoms with Crippen LogP contribution in [0.3, 0.4) is 0 Å². The molecular weight excluding hydrogens is 390 g/mol. The molecule has 2 N–H and O–H groups in total. The zero-order chi connectivity index (χ0) is 20.6. The first-order chi connectivity index (χ1) is 13.8. The Morgan fingerprint density at radius 1 is 1.24 bits per heavy atom. The molecule has 5 rings (SSSR count). The zero-order valence-electron chi connectivity index (χ0n) is 16.8. The first kappa shape index (κ1) is 20.4. The summed E-state index contributed by atoms with van der Waals surface area (Å²) < 4.78 is 31.1. The number of furan rings is 1. The molecule has 6 nitrogen and oxygen atoms in total. The fourth-order valence-electron chi connectivity index (χ4n) is 5.89. The highest BCUT2D eigenvalue weighted by Crippen LogP contribution is 2.56. The second-order valence-electron chi connectivity index (χ2n) is 8.71. The monoisotopic (exact) mass is 419 g/mol. The molecule has 2 aromatic rings. The van der Waals surface area contributed by atoms with Gasteiger partial charge in [0.25, 0.3) is 10.1 Å². The first-order valence-corrected chi connectivity index (χ1v) is 12.1. The number of aromatic hydroxyl groups is 1. The molecule has 158 valence electrons. The lowest BCUT2D eigenvalue weighted by atomic mass is 9.52. The highest BCUT2D eigenvalue weighted by atomic mass is 32.2. The van der Waals surface area contributed by atoms with Crippen LogP contribution >= 0.6 is 0 Å². The molecule has 0 amide bonds. The van der Waals surface area contributed by atoms with Crippen LogP contribution in [0, 0.1) is 5.92 Å². The summed E-state index contributed by atoms with van der Waals surface area (Å²) in [5.41, 5.74) is 4.52. The summed E-state index contributed by atoms with van der Waals surface area (Å²) in [6, 6.07) is 8.85. The Kier molecular flexibility index (Phi) is 5.48. The standard InChI is InChI=1S/C21H25NO2.CH4O3S/c23-17-5-4-16-11-20-18-3-1-2-7-21(18,19(16)12-17)8-9-22(20)13-15-6-10-24-14-15;1-5(2,3)4/h4-6,10,12,14,18,20,23H,1-3,7-9,11,13H2;1H3,(H,2,3,4)/t18?,20-,21-;/m0./s1. The zero-order valence-corrected chi connectivity index (χ0v) is 17.6. The van der Waals surface area contributed by atoms with E-state index in [2.05, 4.69) is 23.1 Å². The Bertz CT molecular complexity index is 948. The van der Waals surface area contributed by atoms with E-state index in [1.807, 2.05) is 12.3 Å².